The SMILES string of the molecule is CC(C)N(C)S(=O)(=O)c1ccc(C(=O)Nc2ccc(C(=O)NC3CCCC3)cc2)cc1. The molecule has 1 saturated carbocycles. The van der Waals surface area contributed by atoms with E-state index in [1.54, 1.807) is 38.1 Å². The number of benzene rings is 2. The Morgan fingerprint density at radius 3 is 1.97 bits per heavy atom. The average molecular weight is 444 g/mol. The van der Waals surface area contributed by atoms with Crippen LogP contribution in [0.5, 0.6) is 0 Å². The van der Waals surface area contributed by atoms with Crippen LogP contribution in [0.4, 0.5) is 5.69 Å². The summed E-state index contributed by atoms with van der Waals surface area (Å²) in [5.41, 5.74) is 1.45. The highest BCUT2D eigenvalue weighted by molar-refractivity contribution is 7.89. The Hall–Kier alpha value is -2.71. The first-order valence-electron chi connectivity index (χ1n) is 10.5. The summed E-state index contributed by atoms with van der Waals surface area (Å²) >= 11 is 0. The lowest BCUT2D eigenvalue weighted by Gasteiger charge is -2.21. The molecule has 0 saturated heterocycles. The largest absolute Gasteiger partial charge is 0.349 e. The third-order valence-corrected chi connectivity index (χ3v) is 7.66. The number of amides is 2. The summed E-state index contributed by atoms with van der Waals surface area (Å²) < 4.78 is 26.4. The number of hydrogen-bond acceptors (Lipinski definition) is 4. The predicted octanol–water partition coefficient (Wildman–Crippen LogP) is 3.64. The maximum Gasteiger partial charge on any atom is 0.255 e. The lowest BCUT2D eigenvalue weighted by atomic mass is 10.1. The third kappa shape index (κ3) is 5.51. The zero-order chi connectivity index (χ0) is 22.6. The lowest BCUT2D eigenvalue weighted by molar-refractivity contribution is 0.0937. The number of carbonyl (C=O) groups is 2. The van der Waals surface area contributed by atoms with Crippen molar-refractivity contribution in [3.05, 3.63) is 59.7 Å². The summed E-state index contributed by atoms with van der Waals surface area (Å²) in [5, 5.41) is 5.80. The fourth-order valence-electron chi connectivity index (χ4n) is 3.47. The number of anilines is 1. The molecule has 0 heterocycles. The van der Waals surface area contributed by atoms with E-state index in [0.717, 1.165) is 25.7 Å². The van der Waals surface area contributed by atoms with Crippen molar-refractivity contribution in [3.63, 3.8) is 0 Å². The first-order valence-corrected chi connectivity index (χ1v) is 11.9. The van der Waals surface area contributed by atoms with Crippen LogP contribution < -0.4 is 10.6 Å². The van der Waals surface area contributed by atoms with E-state index in [0.29, 0.717) is 16.8 Å². The molecule has 166 valence electrons. The van der Waals surface area contributed by atoms with Gasteiger partial charge in [-0.25, -0.2) is 8.42 Å². The molecule has 3 rings (SSSR count). The highest BCUT2D eigenvalue weighted by Gasteiger charge is 2.23. The van der Waals surface area contributed by atoms with Gasteiger partial charge in [0.05, 0.1) is 4.90 Å². The summed E-state index contributed by atoms with van der Waals surface area (Å²) in [7, 11) is -2.07. The molecule has 1 aliphatic rings. The summed E-state index contributed by atoms with van der Waals surface area (Å²) in [4.78, 5) is 25.0. The van der Waals surface area contributed by atoms with Crippen LogP contribution in [0.25, 0.3) is 0 Å². The van der Waals surface area contributed by atoms with Crippen molar-refractivity contribution in [2.75, 3.05) is 12.4 Å². The smallest absolute Gasteiger partial charge is 0.255 e. The number of nitrogens with zero attached hydrogens (tertiary/aromatic N) is 1. The molecule has 0 aliphatic heterocycles. The molecule has 2 aromatic carbocycles. The molecule has 0 bridgehead atoms. The van der Waals surface area contributed by atoms with E-state index in [2.05, 4.69) is 10.6 Å². The molecule has 1 fully saturated rings. The number of sulfonamides is 1. The Labute approximate surface area is 183 Å². The van der Waals surface area contributed by atoms with Gasteiger partial charge in [0.1, 0.15) is 0 Å². The molecular weight excluding hydrogens is 414 g/mol. The monoisotopic (exact) mass is 443 g/mol. The second kappa shape index (κ2) is 9.62. The van der Waals surface area contributed by atoms with Gasteiger partial charge in [0, 0.05) is 35.9 Å². The van der Waals surface area contributed by atoms with Gasteiger partial charge >= 0.3 is 0 Å². The lowest BCUT2D eigenvalue weighted by Crippen LogP contribution is -2.33. The molecule has 1 aliphatic carbocycles. The van der Waals surface area contributed by atoms with Crippen molar-refractivity contribution >= 4 is 27.5 Å². The highest BCUT2D eigenvalue weighted by Crippen LogP contribution is 2.20. The Kier molecular flexibility index (Phi) is 7.12. The van der Waals surface area contributed by atoms with Crippen molar-refractivity contribution in [3.8, 4) is 0 Å². The van der Waals surface area contributed by atoms with E-state index in [1.807, 2.05) is 0 Å². The second-order valence-corrected chi connectivity index (χ2v) is 10.1. The van der Waals surface area contributed by atoms with Crippen LogP contribution in [-0.4, -0.2) is 43.7 Å². The fourth-order valence-corrected chi connectivity index (χ4v) is 4.84. The maximum absolute atomic E-state index is 12.5. The molecule has 31 heavy (non-hydrogen) atoms. The molecule has 0 spiro atoms. The van der Waals surface area contributed by atoms with Crippen LogP contribution in [0.3, 0.4) is 0 Å². The predicted molar refractivity (Wildman–Crippen MR) is 121 cm³/mol. The van der Waals surface area contributed by atoms with Gasteiger partial charge in [-0.2, -0.15) is 4.31 Å². The summed E-state index contributed by atoms with van der Waals surface area (Å²) in [6, 6.07) is 12.6. The van der Waals surface area contributed by atoms with Crippen LogP contribution in [0.15, 0.2) is 53.4 Å². The number of nitrogens with one attached hydrogen (secondary N) is 2. The minimum atomic E-state index is -3.60. The van der Waals surface area contributed by atoms with E-state index in [4.69, 9.17) is 0 Å². The van der Waals surface area contributed by atoms with Crippen LogP contribution in [0.2, 0.25) is 0 Å². The van der Waals surface area contributed by atoms with Crippen LogP contribution >= 0.6 is 0 Å². The first-order chi connectivity index (χ1) is 14.7. The molecule has 0 unspecified atom stereocenters. The molecular formula is C23H29N3O4S. The van der Waals surface area contributed by atoms with Gasteiger partial charge in [-0.1, -0.05) is 12.8 Å². The van der Waals surface area contributed by atoms with E-state index < -0.39 is 10.0 Å². The minimum Gasteiger partial charge on any atom is -0.349 e. The Morgan fingerprint density at radius 2 is 1.42 bits per heavy atom. The third-order valence-electron chi connectivity index (χ3n) is 5.62. The molecule has 8 heteroatoms. The highest BCUT2D eigenvalue weighted by atomic mass is 32.2. The minimum absolute atomic E-state index is 0.104. The Morgan fingerprint density at radius 1 is 0.903 bits per heavy atom. The van der Waals surface area contributed by atoms with Gasteiger partial charge in [-0.15, -0.1) is 0 Å². The molecule has 0 aromatic heterocycles. The van der Waals surface area contributed by atoms with Gasteiger partial charge in [0.15, 0.2) is 0 Å². The van der Waals surface area contributed by atoms with Crippen LogP contribution in [-0.2, 0) is 10.0 Å². The number of rotatable bonds is 7. The van der Waals surface area contributed by atoms with Crippen LogP contribution in [0, 0.1) is 0 Å². The zero-order valence-electron chi connectivity index (χ0n) is 18.1. The standard InChI is InChI=1S/C23H29N3O4S/c1-16(2)26(3)31(29,30)21-14-10-18(11-15-21)23(28)25-20-12-8-17(9-13-20)22(27)24-19-6-4-5-7-19/h8-16,19H,4-7H2,1-3H3,(H,24,27)(H,25,28). The molecule has 2 amide bonds. The Bertz CT molecular complexity index is 1030. The normalized spacial score (nSPS) is 14.7. The van der Waals surface area contributed by atoms with Crippen molar-refractivity contribution in [1.29, 1.82) is 0 Å². The molecule has 2 aromatic rings. The van der Waals surface area contributed by atoms with Crippen LogP contribution in [0.1, 0.15) is 60.2 Å². The average Bonchev–Trinajstić information content (AvgIpc) is 3.26. The molecule has 0 atom stereocenters. The van der Waals surface area contributed by atoms with Gasteiger partial charge in [0.2, 0.25) is 10.0 Å². The van der Waals surface area contributed by atoms with Crippen molar-refractivity contribution < 1.29 is 18.0 Å². The first kappa shape index (κ1) is 23.0. The number of hydrogen-bond donors (Lipinski definition) is 2. The van der Waals surface area contributed by atoms with E-state index in [9.17, 15) is 18.0 Å². The van der Waals surface area contributed by atoms with Crippen molar-refractivity contribution in [2.24, 2.45) is 0 Å². The van der Waals surface area contributed by atoms with Gasteiger partial charge in [-0.3, -0.25) is 9.59 Å². The van der Waals surface area contributed by atoms with Gasteiger partial charge in [-0.05, 0) is 75.2 Å². The van der Waals surface area contributed by atoms with E-state index >= 15 is 0 Å². The maximum atomic E-state index is 12.5. The fraction of sp³-hybridized carbons (Fsp3) is 0.391. The van der Waals surface area contributed by atoms with E-state index in [-0.39, 0.29) is 28.8 Å². The summed E-state index contributed by atoms with van der Waals surface area (Å²) in [6.45, 7) is 3.59. The molecule has 2 N–H and O–H groups in total. The van der Waals surface area contributed by atoms with Crippen molar-refractivity contribution in [1.82, 2.24) is 9.62 Å². The zero-order valence-corrected chi connectivity index (χ0v) is 18.9. The summed E-state index contributed by atoms with van der Waals surface area (Å²) in [5.74, 6) is -0.461. The molecule has 7 nitrogen and oxygen atoms in total. The topological polar surface area (TPSA) is 95.6 Å². The van der Waals surface area contributed by atoms with Gasteiger partial charge < -0.3 is 10.6 Å². The van der Waals surface area contributed by atoms with Crippen molar-refractivity contribution in [2.45, 2.75) is 56.5 Å². The van der Waals surface area contributed by atoms with E-state index in [1.165, 1.54) is 35.6 Å². The second-order valence-electron chi connectivity index (χ2n) is 8.13. The quantitative estimate of drug-likeness (QED) is 0.683. The molecule has 0 radical (unpaired) electrons. The number of carbonyl (C=O) groups excluding carboxylic acids is 2. The Balaban J connectivity index is 1.63. The summed E-state index contributed by atoms with van der Waals surface area (Å²) in [6.07, 6.45) is 4.34. The van der Waals surface area contributed by atoms with Gasteiger partial charge in [0.25, 0.3) is 11.8 Å².